The SMILES string of the molecule is CC(C)/C=C/C=C\C[C@@H]1NC(=O)[C@H]2C[C@@H](O)CNN2C(=O)COC(=O)[C@](C)(CO)NC(=O)C2CCCNN2C(=O)[C@H]2C[C@H](Cl)CNN2C1=O. The molecule has 1 unspecified atom stereocenters. The van der Waals surface area contributed by atoms with Crippen molar-refractivity contribution in [2.75, 3.05) is 32.8 Å². The molecule has 4 aliphatic heterocycles. The van der Waals surface area contributed by atoms with Crippen molar-refractivity contribution >= 4 is 47.1 Å². The van der Waals surface area contributed by atoms with E-state index in [1.54, 1.807) is 18.2 Å². The molecular formula is C31H47ClN8O9. The molecule has 4 aliphatic rings. The van der Waals surface area contributed by atoms with E-state index in [4.69, 9.17) is 16.3 Å². The molecule has 7 N–H and O–H groups in total. The number of cyclic esters (lactones) is 1. The van der Waals surface area contributed by atoms with Crippen molar-refractivity contribution in [2.45, 2.75) is 94.1 Å². The summed E-state index contributed by atoms with van der Waals surface area (Å²) in [5, 5.41) is 28.3. The smallest absolute Gasteiger partial charge is 0.334 e. The maximum Gasteiger partial charge on any atom is 0.334 e. The van der Waals surface area contributed by atoms with Crippen LogP contribution in [0.25, 0.3) is 0 Å². The van der Waals surface area contributed by atoms with Gasteiger partial charge < -0.3 is 25.6 Å². The second-order valence-corrected chi connectivity index (χ2v) is 13.8. The molecule has 18 heteroatoms. The number of alkyl halides is 1. The fraction of sp³-hybridized carbons (Fsp3) is 0.677. The summed E-state index contributed by atoms with van der Waals surface area (Å²) in [6.07, 6.45) is 6.62. The number of aliphatic hydroxyl groups excluding tert-OH is 2. The fourth-order valence-corrected chi connectivity index (χ4v) is 6.14. The standard InChI is InChI=1S/C31H47ClN8O9/c1-18(2)8-5-4-6-9-21-28(46)40-24(12-19(32)14-34-40)29(47)39-22(10-7-11-33-39)27(45)37-31(3,17-41)30(48)49-16-25(43)38-23(26(44)36-21)13-20(42)15-35-38/h4-6,8,18-24,33-35,41-42H,7,9-17H2,1-3H3,(H,36,44)(H,37,45)/b6-4-,8-5+/t19-,20+,21-,22?,23+,24+,31-/m0/s1. The maximum absolute atomic E-state index is 14.3. The summed E-state index contributed by atoms with van der Waals surface area (Å²) in [4.78, 5) is 82.3. The van der Waals surface area contributed by atoms with Gasteiger partial charge in [0.25, 0.3) is 17.7 Å². The van der Waals surface area contributed by atoms with Crippen LogP contribution in [0, 0.1) is 5.92 Å². The first kappa shape index (κ1) is 38.2. The Morgan fingerprint density at radius 2 is 1.65 bits per heavy atom. The molecule has 0 spiro atoms. The molecule has 272 valence electrons. The van der Waals surface area contributed by atoms with Gasteiger partial charge in [-0.25, -0.2) is 21.1 Å². The van der Waals surface area contributed by atoms with Gasteiger partial charge in [-0.3, -0.25) is 39.0 Å². The molecule has 5 amide bonds. The van der Waals surface area contributed by atoms with Crippen molar-refractivity contribution in [1.82, 2.24) is 41.9 Å². The minimum Gasteiger partial charge on any atom is -0.454 e. The van der Waals surface area contributed by atoms with E-state index in [-0.39, 0.29) is 44.7 Å². The van der Waals surface area contributed by atoms with E-state index in [0.29, 0.717) is 13.0 Å². The average molecular weight is 711 g/mol. The van der Waals surface area contributed by atoms with Crippen LogP contribution in [0.4, 0.5) is 0 Å². The summed E-state index contributed by atoms with van der Waals surface area (Å²) >= 11 is 6.47. The zero-order chi connectivity index (χ0) is 35.9. The number of β-amino-alcohol motifs (C(OH)–C–C–N with tert-alkyl or cyclic N) is 1. The summed E-state index contributed by atoms with van der Waals surface area (Å²) < 4.78 is 5.20. The summed E-state index contributed by atoms with van der Waals surface area (Å²) in [5.74, 6) is -4.59. The molecule has 4 heterocycles. The van der Waals surface area contributed by atoms with Crippen LogP contribution in [0.5, 0.6) is 0 Å². The van der Waals surface area contributed by atoms with Crippen molar-refractivity contribution in [3.63, 3.8) is 0 Å². The molecule has 0 saturated carbocycles. The van der Waals surface area contributed by atoms with Gasteiger partial charge in [0.2, 0.25) is 11.8 Å². The molecule has 0 aromatic carbocycles. The van der Waals surface area contributed by atoms with Gasteiger partial charge in [-0.2, -0.15) is 0 Å². The van der Waals surface area contributed by atoms with Gasteiger partial charge in [0.1, 0.15) is 24.2 Å². The van der Waals surface area contributed by atoms with Crippen LogP contribution in [0.15, 0.2) is 24.3 Å². The minimum absolute atomic E-state index is 0.00258. The van der Waals surface area contributed by atoms with Crippen LogP contribution in [0.1, 0.15) is 52.9 Å². The largest absolute Gasteiger partial charge is 0.454 e. The number of ether oxygens (including phenoxy) is 1. The van der Waals surface area contributed by atoms with Crippen molar-refractivity contribution in [3.8, 4) is 0 Å². The number of amides is 5. The van der Waals surface area contributed by atoms with E-state index >= 15 is 0 Å². The highest BCUT2D eigenvalue weighted by molar-refractivity contribution is 6.21. The van der Waals surface area contributed by atoms with E-state index < -0.39 is 89.9 Å². The van der Waals surface area contributed by atoms with E-state index in [9.17, 15) is 39.0 Å². The van der Waals surface area contributed by atoms with Crippen LogP contribution in [0.2, 0.25) is 0 Å². The van der Waals surface area contributed by atoms with E-state index in [1.165, 1.54) is 6.92 Å². The van der Waals surface area contributed by atoms with Gasteiger partial charge in [-0.1, -0.05) is 38.2 Å². The molecule has 4 fully saturated rings. The second-order valence-electron chi connectivity index (χ2n) is 13.1. The number of nitrogens with zero attached hydrogens (tertiary/aromatic N) is 3. The third kappa shape index (κ3) is 9.34. The van der Waals surface area contributed by atoms with Gasteiger partial charge in [0, 0.05) is 26.1 Å². The number of hydrazine groups is 3. The third-order valence-electron chi connectivity index (χ3n) is 8.68. The molecule has 4 rings (SSSR count). The number of nitrogens with one attached hydrogen (secondary N) is 5. The topological polar surface area (TPSA) is 222 Å². The van der Waals surface area contributed by atoms with E-state index in [0.717, 1.165) is 15.0 Å². The zero-order valence-electron chi connectivity index (χ0n) is 27.9. The minimum atomic E-state index is -2.00. The normalized spacial score (nSPS) is 33.1. The molecule has 4 saturated heterocycles. The summed E-state index contributed by atoms with van der Waals surface area (Å²) in [5.41, 5.74) is 6.51. The number of esters is 1. The van der Waals surface area contributed by atoms with E-state index in [2.05, 4.69) is 26.9 Å². The lowest BCUT2D eigenvalue weighted by atomic mass is 9.99. The summed E-state index contributed by atoms with van der Waals surface area (Å²) in [7, 11) is 0. The molecule has 0 aliphatic carbocycles. The Hall–Kier alpha value is -3.61. The van der Waals surface area contributed by atoms with Crippen molar-refractivity contribution in [2.24, 2.45) is 5.92 Å². The first-order valence-electron chi connectivity index (χ1n) is 16.5. The average Bonchev–Trinajstić information content (AvgIpc) is 3.08. The highest BCUT2D eigenvalue weighted by Gasteiger charge is 2.47. The van der Waals surface area contributed by atoms with Crippen LogP contribution in [0.3, 0.4) is 0 Å². The molecule has 7 atom stereocenters. The van der Waals surface area contributed by atoms with Gasteiger partial charge >= 0.3 is 5.97 Å². The van der Waals surface area contributed by atoms with Crippen molar-refractivity contribution in [1.29, 1.82) is 0 Å². The molecule has 0 aromatic heterocycles. The Morgan fingerprint density at radius 1 is 0.939 bits per heavy atom. The number of hydrogen-bond acceptors (Lipinski definition) is 12. The highest BCUT2D eigenvalue weighted by atomic mass is 35.5. The first-order chi connectivity index (χ1) is 23.2. The highest BCUT2D eigenvalue weighted by Crippen LogP contribution is 2.23. The Bertz CT molecular complexity index is 1330. The van der Waals surface area contributed by atoms with Crippen molar-refractivity contribution < 1.29 is 43.7 Å². The predicted molar refractivity (Wildman–Crippen MR) is 174 cm³/mol. The van der Waals surface area contributed by atoms with Gasteiger partial charge in [-0.15, -0.1) is 11.6 Å². The van der Waals surface area contributed by atoms with Gasteiger partial charge in [0.05, 0.1) is 18.1 Å². The van der Waals surface area contributed by atoms with Gasteiger partial charge in [-0.05, 0) is 38.5 Å². The lowest BCUT2D eigenvalue weighted by molar-refractivity contribution is -0.166. The second kappa shape index (κ2) is 16.9. The van der Waals surface area contributed by atoms with Crippen LogP contribution in [-0.4, -0.2) is 135 Å². The number of hydrogen-bond donors (Lipinski definition) is 7. The molecule has 17 nitrogen and oxygen atoms in total. The molecule has 0 bridgehead atoms. The quantitative estimate of drug-likeness (QED) is 0.0912. The van der Waals surface area contributed by atoms with Crippen molar-refractivity contribution in [3.05, 3.63) is 24.3 Å². The predicted octanol–water partition coefficient (Wildman–Crippen LogP) is -2.27. The Kier molecular flexibility index (Phi) is 13.1. The zero-order valence-corrected chi connectivity index (χ0v) is 28.6. The van der Waals surface area contributed by atoms with Crippen LogP contribution < -0.4 is 26.9 Å². The molecule has 0 aromatic rings. The van der Waals surface area contributed by atoms with Crippen LogP contribution in [-0.2, 0) is 33.5 Å². The number of allylic oxidation sites excluding steroid dienone is 3. The molecular weight excluding hydrogens is 664 g/mol. The molecule has 49 heavy (non-hydrogen) atoms. The third-order valence-corrected chi connectivity index (χ3v) is 9.01. The molecule has 0 radical (unpaired) electrons. The number of fused-ring (bicyclic) bond motifs is 3. The monoisotopic (exact) mass is 710 g/mol. The Labute approximate surface area is 289 Å². The summed E-state index contributed by atoms with van der Waals surface area (Å²) in [6, 6.07) is -4.92. The number of rotatable bonds is 5. The maximum atomic E-state index is 14.3. The fourth-order valence-electron chi connectivity index (χ4n) is 5.91. The number of aliphatic hydroxyl groups is 2. The van der Waals surface area contributed by atoms with E-state index in [1.807, 2.05) is 19.9 Å². The number of carbonyl (C=O) groups excluding carboxylic acids is 6. The Morgan fingerprint density at radius 3 is 2.37 bits per heavy atom. The number of halogens is 1. The Balaban J connectivity index is 1.75. The summed E-state index contributed by atoms with van der Waals surface area (Å²) in [6.45, 7) is 3.81. The first-order valence-corrected chi connectivity index (χ1v) is 16.9. The van der Waals surface area contributed by atoms with Crippen LogP contribution >= 0.6 is 11.6 Å². The number of carbonyl (C=O) groups is 6. The van der Waals surface area contributed by atoms with Gasteiger partial charge in [0.15, 0.2) is 12.1 Å². The lowest BCUT2D eigenvalue weighted by Crippen LogP contribution is -2.70. The lowest BCUT2D eigenvalue weighted by Gasteiger charge is -2.44.